The number of anilines is 2. The maximum absolute atomic E-state index is 15.0. The van der Waals surface area contributed by atoms with Gasteiger partial charge in [-0.15, -0.1) is 0 Å². The van der Waals surface area contributed by atoms with Crippen LogP contribution in [0.25, 0.3) is 11.1 Å². The van der Waals surface area contributed by atoms with Crippen molar-refractivity contribution in [2.45, 2.75) is 44.6 Å². The SMILES string of the molecule is CC1Cc2ccc(SN)c(F)c2N1C(=O)C1CN(c2ccc(-c3ccccc3Cl)cc2)C1.CCC. The quantitative estimate of drug-likeness (QED) is 0.385. The summed E-state index contributed by atoms with van der Waals surface area (Å²) < 4.78 is 15.0. The number of carbonyl (C=O) groups excluding carboxylic acids is 1. The van der Waals surface area contributed by atoms with Crippen molar-refractivity contribution >= 4 is 40.8 Å². The van der Waals surface area contributed by atoms with Crippen LogP contribution in [0.2, 0.25) is 5.02 Å². The molecule has 0 radical (unpaired) electrons. The molecule has 2 aliphatic heterocycles. The second-order valence-electron chi connectivity index (χ2n) is 9.10. The molecule has 7 heteroatoms. The summed E-state index contributed by atoms with van der Waals surface area (Å²) in [6.45, 7) is 7.46. The van der Waals surface area contributed by atoms with E-state index in [-0.39, 0.29) is 23.7 Å². The van der Waals surface area contributed by atoms with Crippen molar-refractivity contribution in [3.63, 3.8) is 0 Å². The summed E-state index contributed by atoms with van der Waals surface area (Å²) in [6.07, 6.45) is 1.91. The Morgan fingerprint density at radius 3 is 2.37 bits per heavy atom. The molecular formula is C28H31ClFN3OS. The maximum atomic E-state index is 15.0. The van der Waals surface area contributed by atoms with Crippen LogP contribution in [0.3, 0.4) is 0 Å². The molecule has 4 nitrogen and oxygen atoms in total. The van der Waals surface area contributed by atoms with Gasteiger partial charge in [-0.3, -0.25) is 9.93 Å². The molecule has 0 saturated carbocycles. The van der Waals surface area contributed by atoms with E-state index in [1.807, 2.05) is 49.4 Å². The molecule has 1 saturated heterocycles. The molecule has 3 aromatic rings. The van der Waals surface area contributed by atoms with Crippen molar-refractivity contribution in [2.24, 2.45) is 11.1 Å². The number of benzene rings is 3. The van der Waals surface area contributed by atoms with E-state index in [1.54, 1.807) is 11.0 Å². The van der Waals surface area contributed by atoms with Crippen molar-refractivity contribution in [1.29, 1.82) is 0 Å². The van der Waals surface area contributed by atoms with Crippen molar-refractivity contribution in [1.82, 2.24) is 0 Å². The second-order valence-corrected chi connectivity index (χ2v) is 10.2. The molecule has 2 N–H and O–H groups in total. The highest BCUT2D eigenvalue weighted by Gasteiger charge is 2.42. The molecule has 1 amide bonds. The van der Waals surface area contributed by atoms with Crippen molar-refractivity contribution in [2.75, 3.05) is 22.9 Å². The molecule has 0 aliphatic carbocycles. The zero-order valence-electron chi connectivity index (χ0n) is 20.3. The van der Waals surface area contributed by atoms with Crippen LogP contribution in [0.15, 0.2) is 65.6 Å². The molecule has 1 fully saturated rings. The lowest BCUT2D eigenvalue weighted by Gasteiger charge is -2.42. The number of amides is 1. The van der Waals surface area contributed by atoms with Crippen LogP contribution in [0.4, 0.5) is 15.8 Å². The largest absolute Gasteiger partial charge is 0.370 e. The Balaban J connectivity index is 0.000000917. The third-order valence-electron chi connectivity index (χ3n) is 6.37. The summed E-state index contributed by atoms with van der Waals surface area (Å²) >= 11 is 7.18. The average Bonchev–Trinajstić information content (AvgIpc) is 3.16. The molecule has 3 aromatic carbocycles. The minimum atomic E-state index is -0.390. The fourth-order valence-electron chi connectivity index (χ4n) is 4.65. The molecular weight excluding hydrogens is 481 g/mol. The van der Waals surface area contributed by atoms with E-state index in [4.69, 9.17) is 16.7 Å². The van der Waals surface area contributed by atoms with Gasteiger partial charge in [-0.05, 0) is 60.7 Å². The smallest absolute Gasteiger partial charge is 0.234 e. The molecule has 0 aromatic heterocycles. The first-order chi connectivity index (χ1) is 16.9. The third kappa shape index (κ3) is 5.06. The second kappa shape index (κ2) is 11.0. The van der Waals surface area contributed by atoms with Crippen LogP contribution >= 0.6 is 23.5 Å². The van der Waals surface area contributed by atoms with Gasteiger partial charge in [0, 0.05) is 35.4 Å². The van der Waals surface area contributed by atoms with Crippen molar-refractivity contribution in [3.8, 4) is 11.1 Å². The number of nitrogens with two attached hydrogens (primary N) is 1. The van der Waals surface area contributed by atoms with Crippen LogP contribution in [0.1, 0.15) is 32.8 Å². The van der Waals surface area contributed by atoms with E-state index in [1.165, 1.54) is 6.42 Å². The Hall–Kier alpha value is -2.54. The van der Waals surface area contributed by atoms with Crippen LogP contribution in [-0.4, -0.2) is 25.0 Å². The first kappa shape index (κ1) is 25.5. The monoisotopic (exact) mass is 511 g/mol. The summed E-state index contributed by atoms with van der Waals surface area (Å²) in [5.74, 6) is -0.558. The number of hydrogen-bond donors (Lipinski definition) is 1. The van der Waals surface area contributed by atoms with Gasteiger partial charge in [0.25, 0.3) is 0 Å². The molecule has 1 atom stereocenters. The normalized spacial score (nSPS) is 16.9. The molecule has 5 rings (SSSR count). The Kier molecular flexibility index (Phi) is 8.05. The van der Waals surface area contributed by atoms with Crippen molar-refractivity contribution in [3.05, 3.63) is 77.1 Å². The lowest BCUT2D eigenvalue weighted by Crippen LogP contribution is -2.55. The van der Waals surface area contributed by atoms with Gasteiger partial charge in [0.2, 0.25) is 5.91 Å². The lowest BCUT2D eigenvalue weighted by atomic mass is 9.96. The Morgan fingerprint density at radius 2 is 1.74 bits per heavy atom. The van der Waals surface area contributed by atoms with Gasteiger partial charge in [0.1, 0.15) is 0 Å². The number of fused-ring (bicyclic) bond motifs is 1. The highest BCUT2D eigenvalue weighted by molar-refractivity contribution is 7.97. The van der Waals surface area contributed by atoms with Crippen LogP contribution in [0.5, 0.6) is 0 Å². The van der Waals surface area contributed by atoms with Gasteiger partial charge < -0.3 is 9.80 Å². The predicted octanol–water partition coefficient (Wildman–Crippen LogP) is 6.94. The van der Waals surface area contributed by atoms with E-state index < -0.39 is 0 Å². The summed E-state index contributed by atoms with van der Waals surface area (Å²) in [7, 11) is 0. The highest BCUT2D eigenvalue weighted by atomic mass is 35.5. The standard InChI is InChI=1S/C25H23ClFN3OS.C3H8/c1-15-12-17-8-11-22(32-28)23(27)24(17)30(15)25(31)18-13-29(14-18)19-9-6-16(7-10-19)20-4-2-3-5-21(20)26;1-3-2/h2-11,15,18H,12-14,28H2,1H3;3H2,1-2H3. The molecule has 1 unspecified atom stereocenters. The van der Waals surface area contributed by atoms with Gasteiger partial charge in [-0.25, -0.2) is 4.39 Å². The Morgan fingerprint density at radius 1 is 1.09 bits per heavy atom. The van der Waals surface area contributed by atoms with E-state index in [0.717, 1.165) is 39.3 Å². The molecule has 2 aliphatic rings. The Labute approximate surface area is 216 Å². The Bertz CT molecular complexity index is 1200. The zero-order valence-corrected chi connectivity index (χ0v) is 21.9. The summed E-state index contributed by atoms with van der Waals surface area (Å²) in [5, 5.41) is 6.32. The first-order valence-electron chi connectivity index (χ1n) is 12.0. The van der Waals surface area contributed by atoms with Crippen LogP contribution < -0.4 is 14.9 Å². The van der Waals surface area contributed by atoms with Gasteiger partial charge in [0.05, 0.1) is 16.5 Å². The van der Waals surface area contributed by atoms with Gasteiger partial charge in [0.15, 0.2) is 5.82 Å². The molecule has 2 heterocycles. The minimum Gasteiger partial charge on any atom is -0.370 e. The first-order valence-corrected chi connectivity index (χ1v) is 13.3. The topological polar surface area (TPSA) is 49.6 Å². The maximum Gasteiger partial charge on any atom is 0.234 e. The number of carbonyl (C=O) groups is 1. The van der Waals surface area contributed by atoms with Gasteiger partial charge in [-0.2, -0.15) is 0 Å². The van der Waals surface area contributed by atoms with Crippen LogP contribution in [0, 0.1) is 11.7 Å². The lowest BCUT2D eigenvalue weighted by molar-refractivity contribution is -0.123. The zero-order chi connectivity index (χ0) is 25.1. The summed E-state index contributed by atoms with van der Waals surface area (Å²) in [4.78, 5) is 17.5. The number of halogens is 2. The molecule has 0 spiro atoms. The number of hydrogen-bond acceptors (Lipinski definition) is 4. The third-order valence-corrected chi connectivity index (χ3v) is 7.27. The van der Waals surface area contributed by atoms with Gasteiger partial charge >= 0.3 is 0 Å². The fourth-order valence-corrected chi connectivity index (χ4v) is 5.24. The van der Waals surface area contributed by atoms with Crippen molar-refractivity contribution < 1.29 is 9.18 Å². The summed E-state index contributed by atoms with van der Waals surface area (Å²) in [5.41, 5.74) is 4.39. The predicted molar refractivity (Wildman–Crippen MR) is 146 cm³/mol. The molecule has 35 heavy (non-hydrogen) atoms. The average molecular weight is 512 g/mol. The minimum absolute atomic E-state index is 0.0155. The molecule has 184 valence electrons. The number of rotatable bonds is 4. The van der Waals surface area contributed by atoms with Crippen LogP contribution in [-0.2, 0) is 11.2 Å². The number of nitrogens with zero attached hydrogens (tertiary/aromatic N) is 2. The van der Waals surface area contributed by atoms with E-state index in [9.17, 15) is 9.18 Å². The molecule has 0 bridgehead atoms. The fraction of sp³-hybridized carbons (Fsp3) is 0.321. The van der Waals surface area contributed by atoms with E-state index in [0.29, 0.717) is 30.1 Å². The highest BCUT2D eigenvalue weighted by Crippen LogP contribution is 2.40. The van der Waals surface area contributed by atoms with E-state index >= 15 is 0 Å². The summed E-state index contributed by atoms with van der Waals surface area (Å²) in [6, 6.07) is 19.5. The van der Waals surface area contributed by atoms with E-state index in [2.05, 4.69) is 30.9 Å². The van der Waals surface area contributed by atoms with Gasteiger partial charge in [-0.1, -0.05) is 68.3 Å².